The van der Waals surface area contributed by atoms with Crippen molar-refractivity contribution >= 4 is 23.2 Å². The van der Waals surface area contributed by atoms with Gasteiger partial charge in [-0.3, -0.25) is 9.88 Å². The first-order valence-electron chi connectivity index (χ1n) is 10.3. The summed E-state index contributed by atoms with van der Waals surface area (Å²) in [6.45, 7) is 1.55. The van der Waals surface area contributed by atoms with E-state index in [-0.39, 0.29) is 12.1 Å². The van der Waals surface area contributed by atoms with Gasteiger partial charge < -0.3 is 10.2 Å². The fourth-order valence-electron chi connectivity index (χ4n) is 4.32. The van der Waals surface area contributed by atoms with Crippen molar-refractivity contribution in [2.45, 2.75) is 25.1 Å². The molecule has 0 saturated carbocycles. The predicted octanol–water partition coefficient (Wildman–Crippen LogP) is 5.18. The van der Waals surface area contributed by atoms with Crippen molar-refractivity contribution in [1.29, 1.82) is 0 Å². The third kappa shape index (κ3) is 3.74. The first kappa shape index (κ1) is 20.3. The van der Waals surface area contributed by atoms with Gasteiger partial charge in [0.2, 0.25) is 0 Å². The van der Waals surface area contributed by atoms with Crippen molar-refractivity contribution < 1.29 is 18.0 Å². The summed E-state index contributed by atoms with van der Waals surface area (Å²) in [5.74, 6) is 0.461. The number of aromatic nitrogens is 2. The van der Waals surface area contributed by atoms with Gasteiger partial charge in [-0.15, -0.1) is 0 Å². The van der Waals surface area contributed by atoms with Crippen LogP contribution in [0.25, 0.3) is 11.3 Å². The molecule has 164 valence electrons. The molecule has 1 saturated heterocycles. The molecule has 2 aliphatic heterocycles. The van der Waals surface area contributed by atoms with Gasteiger partial charge in [0, 0.05) is 36.7 Å². The number of carbonyl (C=O) groups excluding carboxylic acids is 1. The number of rotatable bonds is 2. The van der Waals surface area contributed by atoms with Crippen molar-refractivity contribution in [1.82, 2.24) is 9.97 Å². The third-order valence-corrected chi connectivity index (χ3v) is 5.82. The van der Waals surface area contributed by atoms with Crippen molar-refractivity contribution in [2.75, 3.05) is 28.2 Å². The van der Waals surface area contributed by atoms with Gasteiger partial charge in [0.1, 0.15) is 0 Å². The lowest BCUT2D eigenvalue weighted by atomic mass is 9.99. The number of urea groups is 1. The molecule has 5 rings (SSSR count). The van der Waals surface area contributed by atoms with E-state index < -0.39 is 11.7 Å². The summed E-state index contributed by atoms with van der Waals surface area (Å²) < 4.78 is 39.6. The van der Waals surface area contributed by atoms with Crippen LogP contribution in [0.3, 0.4) is 0 Å². The molecular weight excluding hydrogens is 419 g/mol. The lowest BCUT2D eigenvalue weighted by Gasteiger charge is -2.45. The van der Waals surface area contributed by atoms with Crippen LogP contribution in [0.15, 0.2) is 60.9 Å². The molecular formula is C23H20F3N5O. The largest absolute Gasteiger partial charge is 0.416 e. The number of amides is 2. The highest BCUT2D eigenvalue weighted by molar-refractivity contribution is 6.04. The van der Waals surface area contributed by atoms with E-state index >= 15 is 0 Å². The Morgan fingerprint density at radius 2 is 1.91 bits per heavy atom. The Labute approximate surface area is 182 Å². The van der Waals surface area contributed by atoms with Crippen LogP contribution >= 0.6 is 0 Å². The molecule has 9 heteroatoms. The molecule has 0 unspecified atom stereocenters. The Bertz CT molecular complexity index is 1150. The second kappa shape index (κ2) is 7.81. The summed E-state index contributed by atoms with van der Waals surface area (Å²) in [6.07, 6.45) is 0.509. The van der Waals surface area contributed by atoms with Crippen molar-refractivity contribution in [2.24, 2.45) is 0 Å². The zero-order valence-corrected chi connectivity index (χ0v) is 17.0. The summed E-state index contributed by atoms with van der Waals surface area (Å²) in [7, 11) is 0. The summed E-state index contributed by atoms with van der Waals surface area (Å²) in [5.41, 5.74) is 1.42. The average Bonchev–Trinajstić information content (AvgIpc) is 2.79. The smallest absolute Gasteiger partial charge is 0.366 e. The van der Waals surface area contributed by atoms with Crippen LogP contribution in [-0.2, 0) is 6.18 Å². The highest BCUT2D eigenvalue weighted by Crippen LogP contribution is 2.40. The Kier molecular flexibility index (Phi) is 4.96. The molecule has 2 aliphatic rings. The number of hydrogen-bond donors (Lipinski definition) is 1. The SMILES string of the molecule is O=C(Nc1ccncc1)N1c2nc(-c3cccc(C(F)(F)F)c3)ccc2N2CCC[C@@H]1C2. The topological polar surface area (TPSA) is 61.4 Å². The van der Waals surface area contributed by atoms with Gasteiger partial charge in [-0.05, 0) is 49.2 Å². The minimum atomic E-state index is -4.44. The second-order valence-electron chi connectivity index (χ2n) is 7.90. The molecule has 2 bridgehead atoms. The highest BCUT2D eigenvalue weighted by atomic mass is 19.4. The van der Waals surface area contributed by atoms with Gasteiger partial charge in [-0.25, -0.2) is 9.78 Å². The normalized spacial score (nSPS) is 17.7. The molecule has 0 spiro atoms. The fourth-order valence-corrected chi connectivity index (χ4v) is 4.32. The highest BCUT2D eigenvalue weighted by Gasteiger charge is 2.38. The number of anilines is 3. The number of carbonyl (C=O) groups is 1. The molecule has 0 aliphatic carbocycles. The number of benzene rings is 1. The molecule has 1 aromatic carbocycles. The van der Waals surface area contributed by atoms with E-state index in [1.165, 1.54) is 6.07 Å². The molecule has 2 amide bonds. The van der Waals surface area contributed by atoms with E-state index in [2.05, 4.69) is 20.2 Å². The quantitative estimate of drug-likeness (QED) is 0.598. The molecule has 32 heavy (non-hydrogen) atoms. The maximum absolute atomic E-state index is 13.3. The van der Waals surface area contributed by atoms with Crippen molar-refractivity contribution in [3.05, 3.63) is 66.5 Å². The van der Waals surface area contributed by atoms with Crippen LogP contribution in [0, 0.1) is 0 Å². The molecule has 1 atom stereocenters. The monoisotopic (exact) mass is 439 g/mol. The van der Waals surface area contributed by atoms with E-state index in [1.807, 2.05) is 6.07 Å². The minimum absolute atomic E-state index is 0.0673. The molecule has 3 aromatic rings. The Balaban J connectivity index is 1.55. The van der Waals surface area contributed by atoms with Gasteiger partial charge in [0.25, 0.3) is 0 Å². The molecule has 6 nitrogen and oxygen atoms in total. The lowest BCUT2D eigenvalue weighted by molar-refractivity contribution is -0.137. The number of piperidine rings is 1. The van der Waals surface area contributed by atoms with Crippen LogP contribution < -0.4 is 15.1 Å². The van der Waals surface area contributed by atoms with Crippen LogP contribution in [0.5, 0.6) is 0 Å². The number of pyridine rings is 2. The Hall–Kier alpha value is -3.62. The van der Waals surface area contributed by atoms with Gasteiger partial charge in [0.15, 0.2) is 5.82 Å². The van der Waals surface area contributed by atoms with Crippen LogP contribution in [-0.4, -0.2) is 35.1 Å². The number of nitrogens with one attached hydrogen (secondary N) is 1. The number of fused-ring (bicyclic) bond motifs is 4. The van der Waals surface area contributed by atoms with Crippen LogP contribution in [0.1, 0.15) is 18.4 Å². The molecule has 4 heterocycles. The first-order chi connectivity index (χ1) is 15.4. The van der Waals surface area contributed by atoms with Gasteiger partial charge >= 0.3 is 12.2 Å². The van der Waals surface area contributed by atoms with Crippen molar-refractivity contribution in [3.8, 4) is 11.3 Å². The third-order valence-electron chi connectivity index (χ3n) is 5.82. The summed E-state index contributed by atoms with van der Waals surface area (Å²) in [4.78, 5) is 25.7. The van der Waals surface area contributed by atoms with Gasteiger partial charge in [-0.1, -0.05) is 12.1 Å². The number of hydrogen-bond acceptors (Lipinski definition) is 4. The van der Waals surface area contributed by atoms with Gasteiger partial charge in [-0.2, -0.15) is 13.2 Å². The molecule has 1 fully saturated rings. The zero-order valence-electron chi connectivity index (χ0n) is 17.0. The van der Waals surface area contributed by atoms with E-state index in [1.54, 1.807) is 41.6 Å². The second-order valence-corrected chi connectivity index (χ2v) is 7.90. The molecule has 0 radical (unpaired) electrons. The number of nitrogens with zero attached hydrogens (tertiary/aromatic N) is 4. The Morgan fingerprint density at radius 3 is 2.69 bits per heavy atom. The maximum Gasteiger partial charge on any atom is 0.416 e. The fraction of sp³-hybridized carbons (Fsp3) is 0.261. The van der Waals surface area contributed by atoms with Gasteiger partial charge in [0.05, 0.1) is 23.0 Å². The van der Waals surface area contributed by atoms with E-state index in [4.69, 9.17) is 0 Å². The van der Waals surface area contributed by atoms with Crippen LogP contribution in [0.2, 0.25) is 0 Å². The molecule has 1 N–H and O–H groups in total. The first-order valence-corrected chi connectivity index (χ1v) is 10.3. The lowest BCUT2D eigenvalue weighted by Crippen LogP contribution is -2.56. The van der Waals surface area contributed by atoms with E-state index in [0.717, 1.165) is 37.2 Å². The standard InChI is InChI=1S/C23H20F3N5O/c24-23(25,26)16-4-1-3-15(13-16)19-6-7-20-21(29-19)31(18-5-2-12-30(20)14-18)22(32)28-17-8-10-27-11-9-17/h1,3-4,6-11,13,18H,2,5,12,14H2,(H,27,28,32)/t18-/m1/s1. The maximum atomic E-state index is 13.3. The zero-order chi connectivity index (χ0) is 22.3. The van der Waals surface area contributed by atoms with E-state index in [0.29, 0.717) is 29.3 Å². The van der Waals surface area contributed by atoms with Crippen LogP contribution in [0.4, 0.5) is 35.2 Å². The number of halogens is 3. The van der Waals surface area contributed by atoms with E-state index in [9.17, 15) is 18.0 Å². The summed E-state index contributed by atoms with van der Waals surface area (Å²) in [5, 5.41) is 2.88. The Morgan fingerprint density at radius 1 is 1.09 bits per heavy atom. The summed E-state index contributed by atoms with van der Waals surface area (Å²) >= 11 is 0. The number of alkyl halides is 3. The minimum Gasteiger partial charge on any atom is -0.366 e. The van der Waals surface area contributed by atoms with Crippen molar-refractivity contribution in [3.63, 3.8) is 0 Å². The predicted molar refractivity (Wildman–Crippen MR) is 116 cm³/mol. The average molecular weight is 439 g/mol. The summed E-state index contributed by atoms with van der Waals surface area (Å²) in [6, 6.07) is 11.6. The molecule has 2 aromatic heterocycles.